The summed E-state index contributed by atoms with van der Waals surface area (Å²) in [4.78, 5) is 11.6. The summed E-state index contributed by atoms with van der Waals surface area (Å²) in [6.07, 6.45) is 8.66. The maximum Gasteiger partial charge on any atom is 0.309 e. The second-order valence-electron chi connectivity index (χ2n) is 4.77. The summed E-state index contributed by atoms with van der Waals surface area (Å²) >= 11 is 0. The van der Waals surface area contributed by atoms with Crippen LogP contribution in [-0.4, -0.2) is 5.97 Å². The number of allylic oxidation sites excluding steroid dienone is 1. The average molecular weight is 244 g/mol. The summed E-state index contributed by atoms with van der Waals surface area (Å²) < 4.78 is 5.24. The number of hydrogen-bond acceptors (Lipinski definition) is 2. The van der Waals surface area contributed by atoms with Crippen LogP contribution < -0.4 is 0 Å². The van der Waals surface area contributed by atoms with Crippen molar-refractivity contribution < 1.29 is 9.53 Å². The lowest BCUT2D eigenvalue weighted by Gasteiger charge is -2.13. The molecule has 0 atom stereocenters. The van der Waals surface area contributed by atoms with Crippen molar-refractivity contribution in [3.63, 3.8) is 0 Å². The smallest absolute Gasteiger partial charge is 0.309 e. The first-order valence-corrected chi connectivity index (χ1v) is 6.72. The molecule has 0 N–H and O–H groups in total. The molecule has 1 saturated carbocycles. The van der Waals surface area contributed by atoms with Crippen molar-refractivity contribution >= 4 is 5.97 Å². The minimum Gasteiger partial charge on any atom is -0.461 e. The lowest BCUT2D eigenvalue weighted by molar-refractivity contribution is -0.143. The Morgan fingerprint density at radius 2 is 1.83 bits per heavy atom. The van der Waals surface area contributed by atoms with Gasteiger partial charge in [-0.05, 0) is 31.2 Å². The van der Waals surface area contributed by atoms with E-state index in [1.165, 1.54) is 24.8 Å². The van der Waals surface area contributed by atoms with Gasteiger partial charge in [0, 0.05) is 0 Å². The maximum atomic E-state index is 11.6. The number of esters is 1. The van der Waals surface area contributed by atoms with Gasteiger partial charge in [-0.1, -0.05) is 48.4 Å². The molecule has 1 aromatic rings. The van der Waals surface area contributed by atoms with Crippen LogP contribution in [0, 0.1) is 0 Å². The largest absolute Gasteiger partial charge is 0.461 e. The average Bonchev–Trinajstić information content (AvgIpc) is 2.45. The second-order valence-corrected chi connectivity index (χ2v) is 4.77. The standard InChI is InChI=1S/C16H20O2/c17-16(12-11-14-7-3-1-4-8-14)18-13-15-9-5-2-6-10-15/h2,5-6,9-11H,1,3-4,7-8,12-13H2. The Bertz CT molecular complexity index is 398. The molecule has 1 aliphatic carbocycles. The van der Waals surface area contributed by atoms with Gasteiger partial charge in [0.2, 0.25) is 0 Å². The highest BCUT2D eigenvalue weighted by Gasteiger charge is 2.06. The van der Waals surface area contributed by atoms with E-state index in [0.29, 0.717) is 13.0 Å². The van der Waals surface area contributed by atoms with Gasteiger partial charge in [-0.2, -0.15) is 0 Å². The fraction of sp³-hybridized carbons (Fsp3) is 0.438. The summed E-state index contributed by atoms with van der Waals surface area (Å²) in [5.74, 6) is -0.128. The number of hydrogen-bond donors (Lipinski definition) is 0. The van der Waals surface area contributed by atoms with Crippen LogP contribution in [0.25, 0.3) is 0 Å². The molecule has 0 amide bonds. The Morgan fingerprint density at radius 1 is 1.11 bits per heavy atom. The molecular weight excluding hydrogens is 224 g/mol. The highest BCUT2D eigenvalue weighted by atomic mass is 16.5. The molecule has 0 aliphatic heterocycles. The number of ether oxygens (including phenoxy) is 1. The van der Waals surface area contributed by atoms with Crippen LogP contribution in [0.4, 0.5) is 0 Å². The molecule has 1 fully saturated rings. The first-order valence-electron chi connectivity index (χ1n) is 6.72. The summed E-state index contributed by atoms with van der Waals surface area (Å²) in [5, 5.41) is 0. The van der Waals surface area contributed by atoms with Gasteiger partial charge in [-0.25, -0.2) is 0 Å². The van der Waals surface area contributed by atoms with Crippen LogP contribution in [0.2, 0.25) is 0 Å². The van der Waals surface area contributed by atoms with Gasteiger partial charge in [0.1, 0.15) is 6.61 Å². The minimum atomic E-state index is -0.128. The Balaban J connectivity index is 1.72. The number of rotatable bonds is 4. The summed E-state index contributed by atoms with van der Waals surface area (Å²) in [5.41, 5.74) is 2.47. The number of benzene rings is 1. The molecule has 2 rings (SSSR count). The molecular formula is C16H20O2. The Hall–Kier alpha value is -1.57. The third-order valence-corrected chi connectivity index (χ3v) is 3.30. The van der Waals surface area contributed by atoms with Gasteiger partial charge >= 0.3 is 5.97 Å². The molecule has 0 unspecified atom stereocenters. The van der Waals surface area contributed by atoms with Gasteiger partial charge in [0.25, 0.3) is 0 Å². The van der Waals surface area contributed by atoms with Gasteiger partial charge in [0.15, 0.2) is 0 Å². The third kappa shape index (κ3) is 4.36. The van der Waals surface area contributed by atoms with Gasteiger partial charge in [0.05, 0.1) is 6.42 Å². The molecule has 0 saturated heterocycles. The summed E-state index contributed by atoms with van der Waals surface area (Å²) in [6, 6.07) is 9.79. The first-order chi connectivity index (χ1) is 8.84. The molecule has 96 valence electrons. The third-order valence-electron chi connectivity index (χ3n) is 3.30. The molecule has 2 heteroatoms. The monoisotopic (exact) mass is 244 g/mol. The highest BCUT2D eigenvalue weighted by Crippen LogP contribution is 2.23. The van der Waals surface area contributed by atoms with Gasteiger partial charge in [-0.15, -0.1) is 0 Å². The lowest BCUT2D eigenvalue weighted by atomic mass is 9.94. The van der Waals surface area contributed by atoms with Crippen LogP contribution in [0.3, 0.4) is 0 Å². The molecule has 18 heavy (non-hydrogen) atoms. The van der Waals surface area contributed by atoms with Gasteiger partial charge < -0.3 is 4.74 Å². The van der Waals surface area contributed by atoms with Crippen LogP contribution >= 0.6 is 0 Å². The Kier molecular flexibility index (Phi) is 5.00. The van der Waals surface area contributed by atoms with Crippen molar-refractivity contribution in [2.45, 2.75) is 45.1 Å². The number of carbonyl (C=O) groups excluding carboxylic acids is 1. The van der Waals surface area contributed by atoms with Crippen molar-refractivity contribution in [3.05, 3.63) is 47.5 Å². The normalized spacial score (nSPS) is 15.2. The van der Waals surface area contributed by atoms with Crippen molar-refractivity contribution in [1.82, 2.24) is 0 Å². The molecule has 2 nitrogen and oxygen atoms in total. The van der Waals surface area contributed by atoms with Crippen molar-refractivity contribution in [2.75, 3.05) is 0 Å². The molecule has 1 aromatic carbocycles. The first kappa shape index (κ1) is 12.9. The Morgan fingerprint density at radius 3 is 2.56 bits per heavy atom. The molecule has 0 radical (unpaired) electrons. The molecule has 1 aliphatic rings. The van der Waals surface area contributed by atoms with E-state index in [9.17, 15) is 4.79 Å². The molecule has 0 aromatic heterocycles. The van der Waals surface area contributed by atoms with Crippen molar-refractivity contribution in [2.24, 2.45) is 0 Å². The molecule has 0 bridgehead atoms. The zero-order valence-corrected chi connectivity index (χ0v) is 10.7. The fourth-order valence-electron chi connectivity index (χ4n) is 2.23. The van der Waals surface area contributed by atoms with E-state index in [0.717, 1.165) is 18.4 Å². The summed E-state index contributed by atoms with van der Waals surface area (Å²) in [7, 11) is 0. The van der Waals surface area contributed by atoms with Gasteiger partial charge in [-0.3, -0.25) is 4.79 Å². The number of carbonyl (C=O) groups is 1. The topological polar surface area (TPSA) is 26.3 Å². The van der Waals surface area contributed by atoms with Crippen molar-refractivity contribution in [3.8, 4) is 0 Å². The van der Waals surface area contributed by atoms with Crippen LogP contribution in [0.5, 0.6) is 0 Å². The van der Waals surface area contributed by atoms with E-state index >= 15 is 0 Å². The quantitative estimate of drug-likeness (QED) is 0.591. The highest BCUT2D eigenvalue weighted by molar-refractivity contribution is 5.71. The minimum absolute atomic E-state index is 0.128. The van der Waals surface area contributed by atoms with Crippen LogP contribution in [-0.2, 0) is 16.1 Å². The van der Waals surface area contributed by atoms with E-state index in [1.54, 1.807) is 0 Å². The maximum absolute atomic E-state index is 11.6. The lowest BCUT2D eigenvalue weighted by Crippen LogP contribution is -2.04. The van der Waals surface area contributed by atoms with E-state index in [4.69, 9.17) is 4.74 Å². The molecule has 0 spiro atoms. The van der Waals surface area contributed by atoms with Crippen molar-refractivity contribution in [1.29, 1.82) is 0 Å². The predicted octanol–water partition coefficient (Wildman–Crippen LogP) is 4.01. The van der Waals surface area contributed by atoms with E-state index in [2.05, 4.69) is 6.08 Å². The van der Waals surface area contributed by atoms with Crippen LogP contribution in [0.15, 0.2) is 42.0 Å². The fourth-order valence-corrected chi connectivity index (χ4v) is 2.23. The Labute approximate surface area is 109 Å². The SMILES string of the molecule is O=C(CC=C1CCCCC1)OCc1ccccc1. The van der Waals surface area contributed by atoms with E-state index < -0.39 is 0 Å². The predicted molar refractivity (Wildman–Crippen MR) is 72.0 cm³/mol. The summed E-state index contributed by atoms with van der Waals surface area (Å²) in [6.45, 7) is 0.378. The van der Waals surface area contributed by atoms with E-state index in [-0.39, 0.29) is 5.97 Å². The van der Waals surface area contributed by atoms with E-state index in [1.807, 2.05) is 30.3 Å². The molecule has 0 heterocycles. The zero-order valence-electron chi connectivity index (χ0n) is 10.7. The zero-order chi connectivity index (χ0) is 12.6. The second kappa shape index (κ2) is 7.00. The van der Waals surface area contributed by atoms with Crippen LogP contribution in [0.1, 0.15) is 44.1 Å².